The molecule has 3 aromatic rings. The van der Waals surface area contributed by atoms with E-state index in [0.29, 0.717) is 23.4 Å². The number of nitrogens with one attached hydrogen (secondary N) is 1. The minimum atomic E-state index is -4.30. The summed E-state index contributed by atoms with van der Waals surface area (Å²) in [5.74, 6) is 0.0108. The van der Waals surface area contributed by atoms with Crippen molar-refractivity contribution in [2.24, 2.45) is 0 Å². The number of halogens is 1. The average molecular weight is 612 g/mol. The lowest BCUT2D eigenvalue weighted by molar-refractivity contribution is -0.149. The van der Waals surface area contributed by atoms with Gasteiger partial charge >= 0.3 is 13.7 Å². The zero-order valence-electron chi connectivity index (χ0n) is 24.5. The highest BCUT2D eigenvalue weighted by atomic mass is 31.2. The van der Waals surface area contributed by atoms with Crippen LogP contribution in [0.4, 0.5) is 16.2 Å². The number of esters is 1. The maximum absolute atomic E-state index is 13.9. The molecule has 0 amide bonds. The molecule has 16 heteroatoms. The number of imidazole rings is 1. The second-order valence-corrected chi connectivity index (χ2v) is 11.6. The van der Waals surface area contributed by atoms with Gasteiger partial charge < -0.3 is 29.7 Å². The van der Waals surface area contributed by atoms with E-state index in [-0.39, 0.29) is 11.7 Å². The van der Waals surface area contributed by atoms with Crippen LogP contribution >= 0.6 is 7.75 Å². The fraction of sp³-hybridized carbons (Fsp3) is 0.538. The minimum absolute atomic E-state index is 0.0154. The number of nitrogens with zero attached hydrogens (tertiary/aromatic N) is 5. The van der Waals surface area contributed by atoms with Crippen LogP contribution in [-0.4, -0.2) is 82.3 Å². The largest absolute Gasteiger partial charge is 0.462 e. The molecular formula is C26H39FN7O7P. The topological polar surface area (TPSA) is 176 Å². The standard InChI is InChI=1S/C26H39FN7O7P/c1-7-21(34-15-29-22-23(33(5)6)30-26(28)31-24(22)34)40-20(19(35)13-27)14-38-42(37,41-18-11-9-8-10-12-18)32-17(4)25(36)39-16(2)3/h8-12,15-17,19-21,35H,7,13-14H2,1-6H3,(H,32,37)(H2,28,30,31)/t17-,19-,20+,21+,42?/m0/s1. The van der Waals surface area contributed by atoms with E-state index in [4.69, 9.17) is 24.3 Å². The Balaban J connectivity index is 1.87. The summed E-state index contributed by atoms with van der Waals surface area (Å²) in [6.07, 6.45) is -2.37. The zero-order valence-corrected chi connectivity index (χ0v) is 25.4. The van der Waals surface area contributed by atoms with Crippen LogP contribution in [0.1, 0.15) is 40.3 Å². The highest BCUT2D eigenvalue weighted by molar-refractivity contribution is 7.52. The van der Waals surface area contributed by atoms with E-state index in [2.05, 4.69) is 20.0 Å². The minimum Gasteiger partial charge on any atom is -0.462 e. The van der Waals surface area contributed by atoms with Crippen LogP contribution in [0.15, 0.2) is 36.7 Å². The van der Waals surface area contributed by atoms with Crippen molar-refractivity contribution in [1.29, 1.82) is 0 Å². The van der Waals surface area contributed by atoms with Gasteiger partial charge in [-0.15, -0.1) is 0 Å². The van der Waals surface area contributed by atoms with E-state index < -0.39 is 57.6 Å². The first-order valence-corrected chi connectivity index (χ1v) is 15.0. The summed E-state index contributed by atoms with van der Waals surface area (Å²) in [5, 5.41) is 13.1. The van der Waals surface area contributed by atoms with Gasteiger partial charge in [0.25, 0.3) is 0 Å². The maximum Gasteiger partial charge on any atom is 0.459 e. The van der Waals surface area contributed by atoms with E-state index in [1.54, 1.807) is 74.7 Å². The normalized spacial score (nSPS) is 16.0. The molecule has 0 aliphatic heterocycles. The number of ether oxygens (including phenoxy) is 2. The third-order valence-electron chi connectivity index (χ3n) is 5.86. The molecule has 14 nitrogen and oxygen atoms in total. The number of carbonyl (C=O) groups excluding carboxylic acids is 1. The first-order valence-electron chi connectivity index (χ1n) is 13.4. The van der Waals surface area contributed by atoms with Crippen LogP contribution < -0.4 is 20.2 Å². The van der Waals surface area contributed by atoms with E-state index in [1.807, 2.05) is 0 Å². The van der Waals surface area contributed by atoms with Crippen molar-refractivity contribution >= 4 is 36.6 Å². The average Bonchev–Trinajstić information content (AvgIpc) is 3.35. The Hall–Kier alpha value is -3.36. The molecule has 0 saturated carbocycles. The Labute approximate surface area is 243 Å². The van der Waals surface area contributed by atoms with Gasteiger partial charge in [-0.25, -0.2) is 13.9 Å². The number of benzene rings is 1. The van der Waals surface area contributed by atoms with E-state index in [0.717, 1.165) is 0 Å². The fourth-order valence-corrected chi connectivity index (χ4v) is 5.35. The van der Waals surface area contributed by atoms with Crippen molar-refractivity contribution < 1.29 is 37.4 Å². The monoisotopic (exact) mass is 611 g/mol. The highest BCUT2D eigenvalue weighted by Crippen LogP contribution is 2.45. The summed E-state index contributed by atoms with van der Waals surface area (Å²) in [5.41, 5.74) is 6.75. The molecule has 42 heavy (non-hydrogen) atoms. The molecule has 0 fully saturated rings. The van der Waals surface area contributed by atoms with Crippen molar-refractivity contribution in [3.05, 3.63) is 36.7 Å². The summed E-state index contributed by atoms with van der Waals surface area (Å²) in [4.78, 5) is 27.1. The number of para-hydroxylation sites is 1. The predicted molar refractivity (Wildman–Crippen MR) is 155 cm³/mol. The number of alkyl halides is 1. The third-order valence-corrected chi connectivity index (χ3v) is 7.50. The van der Waals surface area contributed by atoms with Gasteiger partial charge in [0.1, 0.15) is 36.9 Å². The molecule has 0 saturated heterocycles. The van der Waals surface area contributed by atoms with Crippen molar-refractivity contribution in [1.82, 2.24) is 24.6 Å². The quantitative estimate of drug-likeness (QED) is 0.159. The van der Waals surface area contributed by atoms with Crippen molar-refractivity contribution in [2.45, 2.75) is 64.7 Å². The molecule has 4 N–H and O–H groups in total. The van der Waals surface area contributed by atoms with Gasteiger partial charge in [0, 0.05) is 14.1 Å². The number of aromatic nitrogens is 4. The smallest absolute Gasteiger partial charge is 0.459 e. The third kappa shape index (κ3) is 8.58. The van der Waals surface area contributed by atoms with Gasteiger partial charge in [0.2, 0.25) is 5.95 Å². The molecular weight excluding hydrogens is 572 g/mol. The van der Waals surface area contributed by atoms with Gasteiger partial charge in [-0.05, 0) is 39.3 Å². The van der Waals surface area contributed by atoms with Crippen LogP contribution in [0.3, 0.4) is 0 Å². The first-order chi connectivity index (χ1) is 19.9. The second kappa shape index (κ2) is 14.7. The van der Waals surface area contributed by atoms with Gasteiger partial charge in [-0.3, -0.25) is 13.9 Å². The van der Waals surface area contributed by atoms with E-state index in [1.165, 1.54) is 13.3 Å². The zero-order chi connectivity index (χ0) is 31.0. The number of hydrogen-bond acceptors (Lipinski definition) is 12. The number of aliphatic hydroxyl groups is 1. The molecule has 1 unspecified atom stereocenters. The van der Waals surface area contributed by atoms with E-state index >= 15 is 0 Å². The summed E-state index contributed by atoms with van der Waals surface area (Å²) in [6, 6.07) is 7.06. The lowest BCUT2D eigenvalue weighted by atomic mass is 10.2. The lowest BCUT2D eigenvalue weighted by Gasteiger charge is -2.29. The lowest BCUT2D eigenvalue weighted by Crippen LogP contribution is -2.39. The molecule has 5 atom stereocenters. The number of nitrogens with two attached hydrogens (primary N) is 1. The number of aliphatic hydroxyl groups excluding tert-OH is 1. The first kappa shape index (κ1) is 33.1. The van der Waals surface area contributed by atoms with Gasteiger partial charge in [-0.2, -0.15) is 15.1 Å². The van der Waals surface area contributed by atoms with Crippen LogP contribution in [0.2, 0.25) is 0 Å². The van der Waals surface area contributed by atoms with Crippen LogP contribution in [0, 0.1) is 0 Å². The Kier molecular flexibility index (Phi) is 11.6. The Morgan fingerprint density at radius 1 is 1.21 bits per heavy atom. The van der Waals surface area contributed by atoms with Gasteiger partial charge in [0.15, 0.2) is 17.0 Å². The van der Waals surface area contributed by atoms with Crippen LogP contribution in [-0.2, 0) is 23.4 Å². The van der Waals surface area contributed by atoms with E-state index in [9.17, 15) is 18.9 Å². The van der Waals surface area contributed by atoms with Gasteiger partial charge in [0.05, 0.1) is 19.0 Å². The van der Waals surface area contributed by atoms with Crippen molar-refractivity contribution in [3.63, 3.8) is 0 Å². The number of hydrogen-bond donors (Lipinski definition) is 3. The molecule has 1 aromatic carbocycles. The molecule has 0 aliphatic carbocycles. The Morgan fingerprint density at radius 2 is 1.90 bits per heavy atom. The van der Waals surface area contributed by atoms with Crippen molar-refractivity contribution in [2.75, 3.05) is 38.0 Å². The molecule has 0 bridgehead atoms. The molecule has 232 valence electrons. The summed E-state index contributed by atoms with van der Waals surface area (Å²) in [6.45, 7) is 4.85. The SMILES string of the molecule is CC[C@@H](O[C@H](COP(=O)(N[C@@H](C)C(=O)OC(C)C)Oc1ccccc1)[C@@H](O)CF)n1cnc2c(N(C)C)nc(N)nc21. The second-order valence-electron chi connectivity index (χ2n) is 9.92. The van der Waals surface area contributed by atoms with Crippen LogP contribution in [0.25, 0.3) is 11.2 Å². The number of fused-ring (bicyclic) bond motifs is 1. The number of nitrogen functional groups attached to an aromatic ring is 1. The molecule has 3 rings (SSSR count). The molecule has 0 aliphatic rings. The highest BCUT2D eigenvalue weighted by Gasteiger charge is 2.36. The summed E-state index contributed by atoms with van der Waals surface area (Å²) < 4.78 is 51.8. The van der Waals surface area contributed by atoms with Crippen LogP contribution in [0.5, 0.6) is 5.75 Å². The Morgan fingerprint density at radius 3 is 2.50 bits per heavy atom. The summed E-state index contributed by atoms with van der Waals surface area (Å²) in [7, 11) is -0.732. The predicted octanol–water partition coefficient (Wildman–Crippen LogP) is 3.23. The maximum atomic E-state index is 13.9. The van der Waals surface area contributed by atoms with Crippen molar-refractivity contribution in [3.8, 4) is 5.75 Å². The fourth-order valence-electron chi connectivity index (χ4n) is 3.85. The molecule has 0 spiro atoms. The number of rotatable bonds is 16. The molecule has 2 aromatic heterocycles. The number of carbonyl (C=O) groups is 1. The summed E-state index contributed by atoms with van der Waals surface area (Å²) >= 11 is 0. The Bertz CT molecular complexity index is 1360. The molecule has 2 heterocycles. The number of anilines is 2. The van der Waals surface area contributed by atoms with Gasteiger partial charge in [-0.1, -0.05) is 25.1 Å². The molecule has 0 radical (unpaired) electrons.